The van der Waals surface area contributed by atoms with Gasteiger partial charge in [-0.05, 0) is 60.9 Å². The summed E-state index contributed by atoms with van der Waals surface area (Å²) < 4.78 is 39.9. The van der Waals surface area contributed by atoms with Gasteiger partial charge in [-0.25, -0.2) is 8.42 Å². The van der Waals surface area contributed by atoms with Crippen LogP contribution in [-0.2, 0) is 14.6 Å². The summed E-state index contributed by atoms with van der Waals surface area (Å²) in [7, 11) is -2.06. The van der Waals surface area contributed by atoms with Crippen LogP contribution in [0.3, 0.4) is 0 Å². The van der Waals surface area contributed by atoms with Crippen LogP contribution in [0.5, 0.6) is 17.2 Å². The minimum Gasteiger partial charge on any atom is -0.493 e. The molecule has 1 aromatic heterocycles. The number of hydrogen-bond acceptors (Lipinski definition) is 10. The Kier molecular flexibility index (Phi) is 9.21. The van der Waals surface area contributed by atoms with Crippen LogP contribution in [0.1, 0.15) is 23.1 Å². The number of amides is 1. The Morgan fingerprint density at radius 2 is 1.78 bits per heavy atom. The van der Waals surface area contributed by atoms with Gasteiger partial charge in [0.05, 0.1) is 20.3 Å². The normalized spacial score (nSPS) is 11.5. The zero-order valence-corrected chi connectivity index (χ0v) is 22.4. The number of anilines is 1. The molecule has 0 spiro atoms. The molecule has 3 rings (SSSR count). The minimum absolute atomic E-state index is 0.0329. The number of hydrogen-bond donors (Lipinski definition) is 1. The lowest BCUT2D eigenvalue weighted by atomic mass is 10.1. The average molecular weight is 543 g/mol. The van der Waals surface area contributed by atoms with Crippen LogP contribution in [0.15, 0.2) is 46.3 Å². The molecule has 2 aromatic carbocycles. The number of aryl methyl sites for hydroxylation is 2. The van der Waals surface area contributed by atoms with Crippen LogP contribution in [0.25, 0.3) is 6.08 Å². The van der Waals surface area contributed by atoms with Crippen LogP contribution >= 0.6 is 11.3 Å². The fourth-order valence-electron chi connectivity index (χ4n) is 3.23. The van der Waals surface area contributed by atoms with Crippen molar-refractivity contribution in [1.29, 1.82) is 5.26 Å². The molecular weight excluding hydrogens is 516 g/mol. The van der Waals surface area contributed by atoms with Crippen molar-refractivity contribution < 1.29 is 27.4 Å². The van der Waals surface area contributed by atoms with Crippen LogP contribution in [0.4, 0.5) is 5.13 Å². The summed E-state index contributed by atoms with van der Waals surface area (Å²) in [6.07, 6.45) is 3.02. The Hall–Kier alpha value is -3.95. The van der Waals surface area contributed by atoms with Gasteiger partial charge < -0.3 is 14.2 Å². The van der Waals surface area contributed by atoms with E-state index in [0.717, 1.165) is 23.1 Å². The number of carbonyl (C=O) groups is 1. The second-order valence-electron chi connectivity index (χ2n) is 8.05. The van der Waals surface area contributed by atoms with Gasteiger partial charge in [0, 0.05) is 12.7 Å². The number of benzene rings is 2. The van der Waals surface area contributed by atoms with Crippen molar-refractivity contribution in [3.63, 3.8) is 0 Å². The van der Waals surface area contributed by atoms with Crippen molar-refractivity contribution in [3.8, 4) is 23.3 Å². The summed E-state index contributed by atoms with van der Waals surface area (Å²) in [5.41, 5.74) is 2.60. The first-order chi connectivity index (χ1) is 17.6. The van der Waals surface area contributed by atoms with Gasteiger partial charge in [0.2, 0.25) is 19.3 Å². The van der Waals surface area contributed by atoms with Crippen molar-refractivity contribution in [2.75, 3.05) is 31.9 Å². The summed E-state index contributed by atoms with van der Waals surface area (Å²) >= 11 is 0.697. The molecule has 0 bridgehead atoms. The van der Waals surface area contributed by atoms with Crippen LogP contribution < -0.4 is 19.5 Å². The molecule has 0 saturated heterocycles. The lowest BCUT2D eigenvalue weighted by molar-refractivity contribution is -0.112. The molecule has 0 radical (unpaired) electrons. The van der Waals surface area contributed by atoms with E-state index in [1.54, 1.807) is 18.2 Å². The van der Waals surface area contributed by atoms with E-state index in [1.807, 2.05) is 32.0 Å². The summed E-state index contributed by atoms with van der Waals surface area (Å²) in [4.78, 5) is 12.5. The fourth-order valence-corrected chi connectivity index (χ4v) is 4.73. The summed E-state index contributed by atoms with van der Waals surface area (Å²) in [6, 6.07) is 12.9. The van der Waals surface area contributed by atoms with E-state index in [4.69, 9.17) is 14.2 Å². The second kappa shape index (κ2) is 12.3. The zero-order chi connectivity index (χ0) is 27.0. The van der Waals surface area contributed by atoms with Gasteiger partial charge in [-0.2, -0.15) is 5.26 Å². The maximum Gasteiger partial charge on any atom is 0.268 e. The molecule has 37 heavy (non-hydrogen) atoms. The highest BCUT2D eigenvalue weighted by molar-refractivity contribution is 7.92. The van der Waals surface area contributed by atoms with Gasteiger partial charge in [0.15, 0.2) is 11.5 Å². The molecule has 10 nitrogen and oxygen atoms in total. The molecule has 0 aliphatic heterocycles. The third-order valence-corrected chi connectivity index (χ3v) is 7.33. The molecule has 1 amide bonds. The molecule has 12 heteroatoms. The minimum atomic E-state index is -3.55. The first-order valence-corrected chi connectivity index (χ1v) is 13.8. The van der Waals surface area contributed by atoms with Gasteiger partial charge in [0.1, 0.15) is 17.4 Å². The maximum atomic E-state index is 12.5. The monoisotopic (exact) mass is 542 g/mol. The highest BCUT2D eigenvalue weighted by atomic mass is 32.2. The number of nitriles is 1. The topological polar surface area (TPSA) is 140 Å². The Morgan fingerprint density at radius 1 is 1.08 bits per heavy atom. The number of nitrogens with one attached hydrogen (secondary N) is 1. The largest absolute Gasteiger partial charge is 0.493 e. The summed E-state index contributed by atoms with van der Waals surface area (Å²) in [5.74, 6) is 1.02. The number of ether oxygens (including phenoxy) is 3. The highest BCUT2D eigenvalue weighted by Gasteiger charge is 2.17. The molecule has 0 atom stereocenters. The van der Waals surface area contributed by atoms with Crippen molar-refractivity contribution in [3.05, 3.63) is 58.7 Å². The van der Waals surface area contributed by atoms with E-state index < -0.39 is 15.7 Å². The Bertz CT molecular complexity index is 1440. The van der Waals surface area contributed by atoms with E-state index >= 15 is 0 Å². The molecule has 0 aliphatic rings. The lowest BCUT2D eigenvalue weighted by Crippen LogP contribution is -2.13. The van der Waals surface area contributed by atoms with E-state index in [9.17, 15) is 18.5 Å². The predicted octanol–water partition coefficient (Wildman–Crippen LogP) is 3.96. The third-order valence-electron chi connectivity index (χ3n) is 4.82. The molecule has 3 aromatic rings. The number of sulfone groups is 1. The molecular formula is C25H26N4O6S2. The van der Waals surface area contributed by atoms with Gasteiger partial charge in [-0.1, -0.05) is 23.5 Å². The van der Waals surface area contributed by atoms with Crippen LogP contribution in [0, 0.1) is 25.2 Å². The van der Waals surface area contributed by atoms with Crippen LogP contribution in [-0.4, -0.2) is 51.1 Å². The van der Waals surface area contributed by atoms with E-state index in [0.29, 0.717) is 48.0 Å². The fraction of sp³-hybridized carbons (Fsp3) is 0.280. The Morgan fingerprint density at radius 3 is 2.41 bits per heavy atom. The summed E-state index contributed by atoms with van der Waals surface area (Å²) in [5, 5.41) is 19.0. The van der Waals surface area contributed by atoms with Crippen LogP contribution in [0.2, 0.25) is 0 Å². The van der Waals surface area contributed by atoms with Gasteiger partial charge in [0.25, 0.3) is 5.91 Å². The predicted molar refractivity (Wildman–Crippen MR) is 140 cm³/mol. The van der Waals surface area contributed by atoms with Crippen molar-refractivity contribution in [1.82, 2.24) is 10.2 Å². The maximum absolute atomic E-state index is 12.5. The molecule has 0 saturated carbocycles. The number of methoxy groups -OCH3 is 1. The zero-order valence-electron chi connectivity index (χ0n) is 20.8. The molecule has 0 aliphatic carbocycles. The van der Waals surface area contributed by atoms with Gasteiger partial charge >= 0.3 is 0 Å². The Balaban J connectivity index is 1.59. The van der Waals surface area contributed by atoms with Crippen molar-refractivity contribution >= 4 is 38.3 Å². The summed E-state index contributed by atoms with van der Waals surface area (Å²) in [6.45, 7) is 4.94. The van der Waals surface area contributed by atoms with E-state index in [-0.39, 0.29) is 15.0 Å². The van der Waals surface area contributed by atoms with Crippen molar-refractivity contribution in [2.24, 2.45) is 0 Å². The first-order valence-electron chi connectivity index (χ1n) is 11.1. The number of carbonyl (C=O) groups excluding carboxylic acids is 1. The number of rotatable bonds is 11. The molecule has 1 heterocycles. The van der Waals surface area contributed by atoms with E-state index in [2.05, 4.69) is 21.6 Å². The average Bonchev–Trinajstić information content (AvgIpc) is 3.31. The Labute approximate surface area is 219 Å². The van der Waals surface area contributed by atoms with Crippen molar-refractivity contribution in [2.45, 2.75) is 24.6 Å². The third kappa shape index (κ3) is 8.03. The van der Waals surface area contributed by atoms with Gasteiger partial charge in [-0.15, -0.1) is 10.2 Å². The quantitative estimate of drug-likeness (QED) is 0.165. The molecule has 0 unspecified atom stereocenters. The SMILES string of the molecule is COc1cc(/C=C(/C#N)C(=O)Nc2nnc(S(C)(=O)=O)s2)ccc1OCCCOc1cc(C)cc(C)c1. The molecule has 194 valence electrons. The number of aromatic nitrogens is 2. The standard InChI is InChI=1S/C25H26N4O6S2/c1-16-10-17(2)12-20(11-16)34-8-5-9-35-21-7-6-18(14-22(21)33-3)13-19(15-26)23(30)27-24-28-29-25(36-24)37(4,31)32/h6-7,10-14H,5,8-9H2,1-4H3,(H,27,28,30)/b19-13-. The molecule has 1 N–H and O–H groups in total. The second-order valence-corrected chi connectivity index (χ2v) is 11.2. The number of nitrogens with zero attached hydrogens (tertiary/aromatic N) is 3. The first kappa shape index (κ1) is 27.6. The lowest BCUT2D eigenvalue weighted by Gasteiger charge is -2.12. The smallest absolute Gasteiger partial charge is 0.268 e. The molecule has 0 fully saturated rings. The highest BCUT2D eigenvalue weighted by Crippen LogP contribution is 2.29. The van der Waals surface area contributed by atoms with Gasteiger partial charge in [-0.3, -0.25) is 10.1 Å². The van der Waals surface area contributed by atoms with E-state index in [1.165, 1.54) is 13.2 Å².